The second-order valence-electron chi connectivity index (χ2n) is 24.1. The Morgan fingerprint density at radius 1 is 0.537 bits per heavy atom. The van der Waals surface area contributed by atoms with E-state index in [1.165, 1.54) is 21.6 Å². The van der Waals surface area contributed by atoms with Crippen molar-refractivity contribution in [1.82, 2.24) is 52.3 Å². The molecule has 2 aliphatic heterocycles. The number of rotatable bonds is 42. The number of amides is 13. The van der Waals surface area contributed by atoms with Crippen molar-refractivity contribution >= 4 is 94.5 Å². The normalized spacial score (nSPS) is 16.8. The van der Waals surface area contributed by atoms with Gasteiger partial charge in [0, 0.05) is 45.3 Å². The Bertz CT molecular complexity index is 2960. The lowest BCUT2D eigenvalue weighted by Crippen LogP contribution is -2.60. The van der Waals surface area contributed by atoms with Gasteiger partial charge in [0.15, 0.2) is 5.96 Å². The predicted octanol–water partition coefficient (Wildman–Crippen LogP) is -3.71. The zero-order chi connectivity index (χ0) is 70.1. The molecule has 31 nitrogen and oxygen atoms in total. The number of benzene rings is 2. The fourth-order valence-corrected chi connectivity index (χ4v) is 11.5. The number of primary amides is 3. The van der Waals surface area contributed by atoms with E-state index in [1.54, 1.807) is 60.7 Å². The number of hydrogen-bond donors (Lipinski definition) is 15. The molecule has 2 aliphatic rings. The van der Waals surface area contributed by atoms with Crippen LogP contribution in [-0.4, -0.2) is 198 Å². The second kappa shape index (κ2) is 41.0. The minimum absolute atomic E-state index is 0.0736. The van der Waals surface area contributed by atoms with Crippen molar-refractivity contribution in [1.29, 1.82) is 0 Å². The highest BCUT2D eigenvalue weighted by molar-refractivity contribution is 7.98. The van der Waals surface area contributed by atoms with Gasteiger partial charge in [0.1, 0.15) is 54.4 Å². The van der Waals surface area contributed by atoms with E-state index in [9.17, 15) is 62.3 Å². The molecule has 0 aromatic heterocycles. The maximum atomic E-state index is 14.7. The standard InChI is InChI=1S/C63H98N18O13S/c1-37(2)33-45(57(89)74-41(53(68)85)27-32-95-3)73-52(84)36-72-54(86)46(34-38-15-6-4-7-16-38)78-58(90)47(35-39-17-8-5-9-18-39)79-56(88)42(23-25-50(66)82)75-55(87)43(24-26-51(67)83)76-59(91)49-22-14-31-81(49)62(94)44(20-10-11-28-64)77-60(92)48-21-13-30-80(48)61(93)40(65)19-12-29-71-63(69)70/h4-9,15-18,37,40-49H,10-14,19-36,64-65H2,1-3H3,(H2,66,82)(H2,67,83)(H2,68,85)(H,72,86)(H,73,84)(H,74,89)(H,75,87)(H,76,91)(H,77,92)(H,78,90)(H,79,88)(H4,69,70,71)/t40-,41+,42+,43-,44+,45-,46-,47+,48+,49-/m1/s1. The molecular formula is C63H98N18O13S. The first-order valence-electron chi connectivity index (χ1n) is 32.2. The molecule has 0 aliphatic carbocycles. The van der Waals surface area contributed by atoms with E-state index >= 15 is 0 Å². The summed E-state index contributed by atoms with van der Waals surface area (Å²) < 4.78 is 0. The minimum Gasteiger partial charge on any atom is -0.370 e. The summed E-state index contributed by atoms with van der Waals surface area (Å²) in [6.45, 7) is 3.86. The van der Waals surface area contributed by atoms with Gasteiger partial charge in [-0.3, -0.25) is 67.3 Å². The van der Waals surface area contributed by atoms with Crippen LogP contribution in [0.25, 0.3) is 0 Å². The lowest BCUT2D eigenvalue weighted by atomic mass is 10.0. The van der Waals surface area contributed by atoms with Gasteiger partial charge in [0.2, 0.25) is 76.8 Å². The molecule has 13 amide bonds. The van der Waals surface area contributed by atoms with E-state index in [2.05, 4.69) is 47.5 Å². The van der Waals surface area contributed by atoms with Crippen LogP contribution in [0.5, 0.6) is 0 Å². The van der Waals surface area contributed by atoms with Gasteiger partial charge in [0.25, 0.3) is 0 Å². The minimum atomic E-state index is -1.64. The summed E-state index contributed by atoms with van der Waals surface area (Å²) in [5.74, 6) is -9.80. The molecule has 0 radical (unpaired) electrons. The molecule has 10 atom stereocenters. The molecule has 2 aromatic rings. The van der Waals surface area contributed by atoms with E-state index in [-0.39, 0.29) is 83.0 Å². The summed E-state index contributed by atoms with van der Waals surface area (Å²) in [6.07, 6.45) is 3.12. The summed E-state index contributed by atoms with van der Waals surface area (Å²) in [6, 6.07) is 4.51. The maximum absolute atomic E-state index is 14.7. The lowest BCUT2D eigenvalue weighted by molar-refractivity contribution is -0.144. The largest absolute Gasteiger partial charge is 0.370 e. The van der Waals surface area contributed by atoms with Crippen LogP contribution in [0.4, 0.5) is 0 Å². The Labute approximate surface area is 558 Å². The average Bonchev–Trinajstić information content (AvgIpc) is 1.74. The van der Waals surface area contributed by atoms with Crippen molar-refractivity contribution in [2.45, 2.75) is 183 Å². The van der Waals surface area contributed by atoms with E-state index < -0.39 is 169 Å². The highest BCUT2D eigenvalue weighted by atomic mass is 32.2. The Kier molecular flexibility index (Phi) is 33.9. The fraction of sp³-hybridized carbons (Fsp3) is 0.587. The zero-order valence-corrected chi connectivity index (χ0v) is 55.3. The number of guanidine groups is 1. The molecule has 32 heteroatoms. The van der Waals surface area contributed by atoms with Crippen molar-refractivity contribution in [3.8, 4) is 0 Å². The van der Waals surface area contributed by atoms with Crippen LogP contribution >= 0.6 is 11.8 Å². The van der Waals surface area contributed by atoms with E-state index in [1.807, 2.05) is 20.1 Å². The number of likely N-dealkylation sites (tertiary alicyclic amines) is 2. The van der Waals surface area contributed by atoms with Crippen molar-refractivity contribution in [3.05, 3.63) is 71.8 Å². The number of nitrogens with two attached hydrogens (primary N) is 7. The SMILES string of the molecule is CSCC[C@H](NC(=O)[C@@H](CC(C)C)NC(=O)CNC(=O)[C@@H](Cc1ccccc1)NC(=O)[C@H](Cc1ccccc1)NC(=O)[C@H](CCC(N)=O)NC(=O)[C@@H](CCC(N)=O)NC(=O)[C@H]1CCCN1C(=O)[C@H](CCCCN)NC(=O)[C@@H]1CCCN1C(=O)[C@H](N)CCCN=C(N)N)C(N)=O. The molecule has 22 N–H and O–H groups in total. The molecule has 0 unspecified atom stereocenters. The zero-order valence-electron chi connectivity index (χ0n) is 54.5. The van der Waals surface area contributed by atoms with Gasteiger partial charge in [-0.2, -0.15) is 11.8 Å². The summed E-state index contributed by atoms with van der Waals surface area (Å²) in [5, 5.41) is 21.1. The summed E-state index contributed by atoms with van der Waals surface area (Å²) in [4.78, 5) is 185. The van der Waals surface area contributed by atoms with Gasteiger partial charge < -0.3 is 92.5 Å². The van der Waals surface area contributed by atoms with Crippen LogP contribution in [0, 0.1) is 5.92 Å². The quantitative estimate of drug-likeness (QED) is 0.0173. The first-order chi connectivity index (χ1) is 45.2. The van der Waals surface area contributed by atoms with Crippen molar-refractivity contribution in [3.63, 3.8) is 0 Å². The lowest BCUT2D eigenvalue weighted by Gasteiger charge is -2.32. The third kappa shape index (κ3) is 27.5. The van der Waals surface area contributed by atoms with Gasteiger partial charge in [-0.25, -0.2) is 0 Å². The van der Waals surface area contributed by atoms with Gasteiger partial charge in [-0.05, 0) is 119 Å². The molecule has 0 spiro atoms. The number of thioether (sulfide) groups is 1. The topological polar surface area (TPSA) is 519 Å². The Morgan fingerprint density at radius 3 is 1.51 bits per heavy atom. The summed E-state index contributed by atoms with van der Waals surface area (Å²) in [5.41, 5.74) is 40.6. The van der Waals surface area contributed by atoms with Crippen LogP contribution in [0.3, 0.4) is 0 Å². The smallest absolute Gasteiger partial charge is 0.245 e. The molecule has 95 heavy (non-hydrogen) atoms. The summed E-state index contributed by atoms with van der Waals surface area (Å²) in [7, 11) is 0. The van der Waals surface area contributed by atoms with Gasteiger partial charge in [-0.15, -0.1) is 0 Å². The number of nitrogens with zero attached hydrogens (tertiary/aromatic N) is 3. The van der Waals surface area contributed by atoms with Gasteiger partial charge >= 0.3 is 0 Å². The number of carbonyl (C=O) groups is 13. The highest BCUT2D eigenvalue weighted by Gasteiger charge is 2.42. The third-order valence-electron chi connectivity index (χ3n) is 16.0. The van der Waals surface area contributed by atoms with Gasteiger partial charge in [-0.1, -0.05) is 74.5 Å². The number of nitrogens with one attached hydrogen (secondary N) is 8. The Hall–Kier alpha value is -8.91. The molecule has 4 rings (SSSR count). The van der Waals surface area contributed by atoms with Crippen LogP contribution < -0.4 is 82.7 Å². The number of aliphatic imine (C=N–C) groups is 1. The van der Waals surface area contributed by atoms with Crippen LogP contribution in [0.1, 0.15) is 121 Å². The van der Waals surface area contributed by atoms with Crippen molar-refractivity contribution in [2.75, 3.05) is 44.7 Å². The van der Waals surface area contributed by atoms with E-state index in [4.69, 9.17) is 40.1 Å². The molecule has 2 aromatic carbocycles. The maximum Gasteiger partial charge on any atom is 0.245 e. The molecular weight excluding hydrogens is 1250 g/mol. The highest BCUT2D eigenvalue weighted by Crippen LogP contribution is 2.24. The van der Waals surface area contributed by atoms with Gasteiger partial charge in [0.05, 0.1) is 12.6 Å². The number of hydrogen-bond acceptors (Lipinski definition) is 17. The average molecular weight is 1350 g/mol. The monoisotopic (exact) mass is 1350 g/mol. The second-order valence-corrected chi connectivity index (χ2v) is 25.1. The number of carbonyl (C=O) groups excluding carboxylic acids is 13. The number of unbranched alkanes of at least 4 members (excludes halogenated alkanes) is 1. The molecule has 0 saturated carbocycles. The van der Waals surface area contributed by atoms with Crippen LogP contribution in [-0.2, 0) is 75.2 Å². The van der Waals surface area contributed by atoms with Crippen molar-refractivity contribution < 1.29 is 62.3 Å². The Balaban J connectivity index is 1.56. The molecule has 0 bridgehead atoms. The van der Waals surface area contributed by atoms with Crippen molar-refractivity contribution in [2.24, 2.45) is 51.0 Å². The summed E-state index contributed by atoms with van der Waals surface area (Å²) >= 11 is 1.45. The third-order valence-corrected chi connectivity index (χ3v) is 16.7. The van der Waals surface area contributed by atoms with E-state index in [0.29, 0.717) is 55.4 Å². The molecule has 524 valence electrons. The fourth-order valence-electron chi connectivity index (χ4n) is 11.0. The first-order valence-corrected chi connectivity index (χ1v) is 33.6. The first kappa shape index (κ1) is 78.5. The van der Waals surface area contributed by atoms with Crippen LogP contribution in [0.2, 0.25) is 0 Å². The van der Waals surface area contributed by atoms with Crippen LogP contribution in [0.15, 0.2) is 65.7 Å². The molecule has 2 saturated heterocycles. The predicted molar refractivity (Wildman–Crippen MR) is 356 cm³/mol. The Morgan fingerprint density at radius 2 is 1.01 bits per heavy atom. The molecule has 2 fully saturated rings. The van der Waals surface area contributed by atoms with E-state index in [0.717, 1.165) is 0 Å². The molecule has 2 heterocycles.